The van der Waals surface area contributed by atoms with E-state index in [1.165, 1.54) is 93.0 Å². The normalized spacial score (nSPS) is 11.6. The van der Waals surface area contributed by atoms with E-state index in [0.29, 0.717) is 0 Å². The van der Waals surface area contributed by atoms with Gasteiger partial charge in [0.1, 0.15) is 0 Å². The third-order valence-corrected chi connectivity index (χ3v) is 16.8. The summed E-state index contributed by atoms with van der Waals surface area (Å²) in [6.07, 6.45) is 0. The lowest BCUT2D eigenvalue weighted by atomic mass is 9.95. The Balaban J connectivity index is 0.907. The summed E-state index contributed by atoms with van der Waals surface area (Å²) >= 11 is 0. The van der Waals surface area contributed by atoms with Crippen molar-refractivity contribution in [3.8, 4) is 55.6 Å². The van der Waals surface area contributed by atoms with Crippen LogP contribution in [0.3, 0.4) is 0 Å². The first-order valence-corrected chi connectivity index (χ1v) is 28.6. The molecule has 0 aliphatic carbocycles. The van der Waals surface area contributed by atoms with Crippen molar-refractivity contribution in [2.45, 2.75) is 0 Å². The maximum Gasteiger partial charge on any atom is 0.0620 e. The molecule has 2 heterocycles. The van der Waals surface area contributed by atoms with Gasteiger partial charge in [-0.3, -0.25) is 0 Å². The standard InChI is InChI=1S/C80H53N3/c1-8-22-54(23-9-1)59-38-42-76(70(46-59)57-28-14-4-15-29-57)81(66-32-18-6-19-33-66)68-40-36-61-48-72-74-50-65(56-26-12-3-13-27-56)51-75-73-49-62-37-41-69(45-64(62)53-79(73)83(80(74)75)78(72)52-63(61)44-68)82(67-34-20-7-21-35-67)77-43-39-60(55-24-10-2-11-25-55)47-71(77)58-30-16-5-17-31-58/h1-53H. The van der Waals surface area contributed by atoms with E-state index in [1.54, 1.807) is 0 Å². The summed E-state index contributed by atoms with van der Waals surface area (Å²) < 4.78 is 2.55. The average Bonchev–Trinajstić information content (AvgIpc) is 1.90. The summed E-state index contributed by atoms with van der Waals surface area (Å²) in [6, 6.07) is 118. The van der Waals surface area contributed by atoms with E-state index < -0.39 is 0 Å². The Kier molecular flexibility index (Phi) is 11.5. The first-order valence-electron chi connectivity index (χ1n) is 28.6. The SMILES string of the molecule is c1ccc(-c2ccc(N(c3ccccc3)c3ccc4cc5c6cc(-c7ccccc7)cc7c8cc9ccc(N(c%10ccccc%10)c%10ccc(-c%11ccccc%11)cc%10-c%10ccccc%10)cc9cc8n(c5cc4c3)c67)c(-c3ccccc3)c2)cc1. The van der Waals surface area contributed by atoms with Crippen LogP contribution in [-0.4, -0.2) is 4.40 Å². The van der Waals surface area contributed by atoms with Gasteiger partial charge in [-0.05, 0) is 175 Å². The van der Waals surface area contributed by atoms with Crippen LogP contribution >= 0.6 is 0 Å². The van der Waals surface area contributed by atoms with E-state index in [0.717, 1.165) is 56.4 Å². The van der Waals surface area contributed by atoms with Crippen molar-refractivity contribution in [3.05, 3.63) is 322 Å². The summed E-state index contributed by atoms with van der Waals surface area (Å²) in [6.45, 7) is 0. The second kappa shape index (κ2) is 20.0. The number of hydrogen-bond acceptors (Lipinski definition) is 2. The maximum atomic E-state index is 2.55. The van der Waals surface area contributed by atoms with E-state index in [2.05, 4.69) is 336 Å². The van der Waals surface area contributed by atoms with Crippen molar-refractivity contribution in [2.75, 3.05) is 9.80 Å². The van der Waals surface area contributed by atoms with Gasteiger partial charge in [-0.1, -0.05) is 212 Å². The molecule has 0 unspecified atom stereocenters. The molecule has 0 bridgehead atoms. The van der Waals surface area contributed by atoms with Gasteiger partial charge in [-0.15, -0.1) is 0 Å². The second-order valence-corrected chi connectivity index (χ2v) is 21.7. The van der Waals surface area contributed by atoms with Crippen LogP contribution in [0.5, 0.6) is 0 Å². The number of rotatable bonds is 11. The Bertz CT molecular complexity index is 4750. The third-order valence-electron chi connectivity index (χ3n) is 16.8. The number of fused-ring (bicyclic) bond motifs is 8. The third kappa shape index (κ3) is 8.37. The fourth-order valence-electron chi connectivity index (χ4n) is 12.9. The van der Waals surface area contributed by atoms with Crippen molar-refractivity contribution >= 4 is 93.8 Å². The molecule has 2 aromatic heterocycles. The fraction of sp³-hybridized carbons (Fsp3) is 0. The predicted octanol–water partition coefficient (Wildman–Crippen LogP) is 22.4. The molecule has 0 spiro atoms. The van der Waals surface area contributed by atoms with Gasteiger partial charge in [0, 0.05) is 55.4 Å². The summed E-state index contributed by atoms with van der Waals surface area (Å²) in [5, 5.41) is 9.71. The van der Waals surface area contributed by atoms with Crippen molar-refractivity contribution in [1.29, 1.82) is 0 Å². The Hall–Kier alpha value is -11.0. The molecule has 0 saturated carbocycles. The molecule has 16 aromatic rings. The summed E-state index contributed by atoms with van der Waals surface area (Å²) in [5.74, 6) is 0. The van der Waals surface area contributed by atoms with Crippen LogP contribution in [-0.2, 0) is 0 Å². The number of para-hydroxylation sites is 2. The summed E-state index contributed by atoms with van der Waals surface area (Å²) in [7, 11) is 0. The number of anilines is 6. The van der Waals surface area contributed by atoms with Crippen molar-refractivity contribution in [3.63, 3.8) is 0 Å². The van der Waals surface area contributed by atoms with Gasteiger partial charge in [-0.2, -0.15) is 0 Å². The molecule has 0 fully saturated rings. The molecule has 14 aromatic carbocycles. The number of nitrogens with zero attached hydrogens (tertiary/aromatic N) is 3. The monoisotopic (exact) mass is 1060 g/mol. The van der Waals surface area contributed by atoms with Crippen LogP contribution in [0, 0.1) is 0 Å². The molecule has 3 nitrogen and oxygen atoms in total. The molecule has 0 atom stereocenters. The molecule has 0 amide bonds. The molecule has 16 rings (SSSR count). The molecule has 0 radical (unpaired) electrons. The van der Waals surface area contributed by atoms with Gasteiger partial charge in [0.15, 0.2) is 0 Å². The van der Waals surface area contributed by atoms with Crippen LogP contribution in [0.4, 0.5) is 34.1 Å². The second-order valence-electron chi connectivity index (χ2n) is 21.7. The van der Waals surface area contributed by atoms with Crippen molar-refractivity contribution < 1.29 is 0 Å². The zero-order valence-corrected chi connectivity index (χ0v) is 45.4. The predicted molar refractivity (Wildman–Crippen MR) is 353 cm³/mol. The number of aromatic nitrogens is 1. The van der Waals surface area contributed by atoms with Crippen LogP contribution in [0.2, 0.25) is 0 Å². The average molecular weight is 1060 g/mol. The fourth-order valence-corrected chi connectivity index (χ4v) is 12.9. The minimum absolute atomic E-state index is 1.09. The van der Waals surface area contributed by atoms with E-state index in [1.807, 2.05) is 0 Å². The van der Waals surface area contributed by atoms with Crippen LogP contribution in [0.15, 0.2) is 322 Å². The lowest BCUT2D eigenvalue weighted by Gasteiger charge is -2.28. The molecule has 0 aliphatic rings. The Morgan fingerprint density at radius 3 is 0.940 bits per heavy atom. The van der Waals surface area contributed by atoms with E-state index >= 15 is 0 Å². The molecule has 0 N–H and O–H groups in total. The Labute approximate surface area is 482 Å². The number of hydrogen-bond donors (Lipinski definition) is 0. The van der Waals surface area contributed by atoms with E-state index in [-0.39, 0.29) is 0 Å². The Morgan fingerprint density at radius 1 is 0.205 bits per heavy atom. The smallest absolute Gasteiger partial charge is 0.0620 e. The van der Waals surface area contributed by atoms with Gasteiger partial charge < -0.3 is 14.2 Å². The van der Waals surface area contributed by atoms with Crippen molar-refractivity contribution in [1.82, 2.24) is 4.40 Å². The molecule has 0 saturated heterocycles. The molecular formula is C80H53N3. The van der Waals surface area contributed by atoms with Crippen LogP contribution < -0.4 is 9.80 Å². The minimum atomic E-state index is 1.09. The summed E-state index contributed by atoms with van der Waals surface area (Å²) in [4.78, 5) is 4.85. The highest BCUT2D eigenvalue weighted by atomic mass is 15.2. The minimum Gasteiger partial charge on any atom is -0.310 e. The molecular weight excluding hydrogens is 1000 g/mol. The zero-order chi connectivity index (χ0) is 54.8. The van der Waals surface area contributed by atoms with Crippen LogP contribution in [0.1, 0.15) is 0 Å². The highest BCUT2D eigenvalue weighted by molar-refractivity contribution is 6.27. The molecule has 388 valence electrons. The topological polar surface area (TPSA) is 10.9 Å². The largest absolute Gasteiger partial charge is 0.310 e. The van der Waals surface area contributed by atoms with E-state index in [4.69, 9.17) is 0 Å². The first-order chi connectivity index (χ1) is 41.1. The van der Waals surface area contributed by atoms with Crippen molar-refractivity contribution in [2.24, 2.45) is 0 Å². The maximum absolute atomic E-state index is 2.55. The molecule has 83 heavy (non-hydrogen) atoms. The molecule has 3 heteroatoms. The molecule has 0 aliphatic heterocycles. The first kappa shape index (κ1) is 48.0. The Morgan fingerprint density at radius 2 is 0.554 bits per heavy atom. The van der Waals surface area contributed by atoms with Crippen LogP contribution in [0.25, 0.3) is 115 Å². The highest BCUT2D eigenvalue weighted by Gasteiger charge is 2.24. The lowest BCUT2D eigenvalue weighted by Crippen LogP contribution is -2.11. The zero-order valence-electron chi connectivity index (χ0n) is 45.4. The van der Waals surface area contributed by atoms with E-state index in [9.17, 15) is 0 Å². The lowest BCUT2D eigenvalue weighted by molar-refractivity contribution is 1.29. The summed E-state index contributed by atoms with van der Waals surface area (Å²) in [5.41, 5.74) is 22.0. The van der Waals surface area contributed by atoms with Gasteiger partial charge in [-0.25, -0.2) is 0 Å². The van der Waals surface area contributed by atoms with Gasteiger partial charge in [0.05, 0.1) is 27.9 Å². The van der Waals surface area contributed by atoms with Gasteiger partial charge in [0.2, 0.25) is 0 Å². The van der Waals surface area contributed by atoms with Gasteiger partial charge in [0.25, 0.3) is 0 Å². The highest BCUT2D eigenvalue weighted by Crippen LogP contribution is 2.48. The van der Waals surface area contributed by atoms with Gasteiger partial charge >= 0.3 is 0 Å². The quantitative estimate of drug-likeness (QED) is 0.128. The number of benzene rings is 14.